The molecule has 0 spiro atoms. The molecule has 0 fully saturated rings. The van der Waals surface area contributed by atoms with Gasteiger partial charge in [-0.15, -0.1) is 0 Å². The van der Waals surface area contributed by atoms with Gasteiger partial charge in [-0.05, 0) is 69.9 Å². The van der Waals surface area contributed by atoms with Gasteiger partial charge >= 0.3 is 0 Å². The van der Waals surface area contributed by atoms with Crippen molar-refractivity contribution in [1.82, 2.24) is 10.2 Å². The highest BCUT2D eigenvalue weighted by Gasteiger charge is 2.31. The van der Waals surface area contributed by atoms with Crippen molar-refractivity contribution in [1.29, 1.82) is 0 Å². The van der Waals surface area contributed by atoms with E-state index in [-0.39, 0.29) is 11.8 Å². The number of amides is 2. The van der Waals surface area contributed by atoms with Crippen LogP contribution in [0.1, 0.15) is 37.6 Å². The Balaban J connectivity index is 1.84. The zero-order valence-electron chi connectivity index (χ0n) is 17.7. The largest absolute Gasteiger partial charge is 0.320 e. The summed E-state index contributed by atoms with van der Waals surface area (Å²) >= 11 is 6.14. The first-order valence-electron chi connectivity index (χ1n) is 10.5. The second kappa shape index (κ2) is 10.1. The van der Waals surface area contributed by atoms with Crippen molar-refractivity contribution in [2.75, 3.05) is 36.4 Å². The summed E-state index contributed by atoms with van der Waals surface area (Å²) in [7, 11) is 0. The summed E-state index contributed by atoms with van der Waals surface area (Å²) in [5.74, 6) is -0.380. The molecular formula is C23H29ClN4O2. The van der Waals surface area contributed by atoms with E-state index in [0.29, 0.717) is 27.6 Å². The van der Waals surface area contributed by atoms with E-state index >= 15 is 0 Å². The number of fused-ring (bicyclic) bond motifs is 2. The molecule has 6 nitrogen and oxygen atoms in total. The number of nitrogens with zero attached hydrogens (tertiary/aromatic N) is 2. The first-order valence-corrected chi connectivity index (χ1v) is 10.8. The van der Waals surface area contributed by atoms with Crippen LogP contribution in [0, 0.1) is 0 Å². The lowest BCUT2D eigenvalue weighted by atomic mass is 10.1. The van der Waals surface area contributed by atoms with Crippen molar-refractivity contribution in [3.63, 3.8) is 0 Å². The third-order valence-electron chi connectivity index (χ3n) is 5.42. The molecule has 1 aliphatic rings. The molecule has 30 heavy (non-hydrogen) atoms. The fourth-order valence-corrected chi connectivity index (χ4v) is 3.83. The highest BCUT2D eigenvalue weighted by Crippen LogP contribution is 2.39. The van der Waals surface area contributed by atoms with Crippen LogP contribution in [0.3, 0.4) is 0 Å². The Morgan fingerprint density at radius 3 is 2.63 bits per heavy atom. The standard InChI is InChI=1S/C23H29ClN4O2/c1-4-27(5-2)14-8-13-25-16(3)23(30)28-20-10-7-6-9-18(20)22(29)26-19-15-17(24)11-12-21(19)28/h6-7,9-12,15-16,25H,4-5,8,13-14H2,1-3H3,(H,26,29). The Morgan fingerprint density at radius 1 is 1.17 bits per heavy atom. The predicted molar refractivity (Wildman–Crippen MR) is 123 cm³/mol. The van der Waals surface area contributed by atoms with Crippen LogP contribution in [-0.2, 0) is 4.79 Å². The molecule has 7 heteroatoms. The van der Waals surface area contributed by atoms with Crippen molar-refractivity contribution in [3.8, 4) is 0 Å². The van der Waals surface area contributed by atoms with E-state index in [0.717, 1.165) is 32.6 Å². The number of nitrogens with one attached hydrogen (secondary N) is 2. The van der Waals surface area contributed by atoms with Gasteiger partial charge in [-0.2, -0.15) is 0 Å². The van der Waals surface area contributed by atoms with Gasteiger partial charge in [0.25, 0.3) is 5.91 Å². The molecule has 1 unspecified atom stereocenters. The van der Waals surface area contributed by atoms with E-state index < -0.39 is 6.04 Å². The van der Waals surface area contributed by atoms with E-state index in [1.54, 1.807) is 41.3 Å². The van der Waals surface area contributed by atoms with E-state index in [1.165, 1.54) is 0 Å². The van der Waals surface area contributed by atoms with E-state index in [1.807, 2.05) is 13.0 Å². The van der Waals surface area contributed by atoms with Crippen LogP contribution < -0.4 is 15.5 Å². The molecule has 0 bridgehead atoms. The van der Waals surface area contributed by atoms with Gasteiger partial charge < -0.3 is 15.5 Å². The van der Waals surface area contributed by atoms with Crippen molar-refractivity contribution < 1.29 is 9.59 Å². The van der Waals surface area contributed by atoms with E-state index in [9.17, 15) is 9.59 Å². The number of halogens is 1. The summed E-state index contributed by atoms with van der Waals surface area (Å²) in [6.07, 6.45) is 0.960. The molecule has 0 aliphatic carbocycles. The summed E-state index contributed by atoms with van der Waals surface area (Å²) in [5.41, 5.74) is 2.15. The Hall–Kier alpha value is -2.41. The van der Waals surface area contributed by atoms with Gasteiger partial charge in [0.2, 0.25) is 5.91 Å². The second-order valence-electron chi connectivity index (χ2n) is 7.36. The second-order valence-corrected chi connectivity index (χ2v) is 7.80. The van der Waals surface area contributed by atoms with Gasteiger partial charge in [-0.1, -0.05) is 37.6 Å². The highest BCUT2D eigenvalue weighted by atomic mass is 35.5. The van der Waals surface area contributed by atoms with E-state index in [4.69, 9.17) is 11.6 Å². The number of carbonyl (C=O) groups is 2. The van der Waals surface area contributed by atoms with Crippen LogP contribution in [-0.4, -0.2) is 48.9 Å². The Kier molecular flexibility index (Phi) is 7.48. The van der Waals surface area contributed by atoms with Crippen molar-refractivity contribution in [2.24, 2.45) is 0 Å². The molecule has 2 N–H and O–H groups in total. The average Bonchev–Trinajstić information content (AvgIpc) is 2.87. The number of para-hydroxylation sites is 1. The van der Waals surface area contributed by atoms with Gasteiger partial charge in [0, 0.05) is 5.02 Å². The Bertz CT molecular complexity index is 914. The number of hydrogen-bond donors (Lipinski definition) is 2. The van der Waals surface area contributed by atoms with Crippen LogP contribution in [0.2, 0.25) is 5.02 Å². The number of carbonyl (C=O) groups excluding carboxylic acids is 2. The molecule has 0 saturated heterocycles. The molecule has 2 aromatic carbocycles. The van der Waals surface area contributed by atoms with Crippen LogP contribution in [0.25, 0.3) is 0 Å². The van der Waals surface area contributed by atoms with E-state index in [2.05, 4.69) is 29.4 Å². The summed E-state index contributed by atoms with van der Waals surface area (Å²) in [6.45, 7) is 9.94. The molecule has 2 aromatic rings. The Labute approximate surface area is 183 Å². The average molecular weight is 429 g/mol. The van der Waals surface area contributed by atoms with Gasteiger partial charge in [0.1, 0.15) is 0 Å². The lowest BCUT2D eigenvalue weighted by Gasteiger charge is -2.27. The third kappa shape index (κ3) is 4.83. The van der Waals surface area contributed by atoms with Crippen LogP contribution >= 0.6 is 11.6 Å². The zero-order chi connectivity index (χ0) is 21.7. The smallest absolute Gasteiger partial charge is 0.257 e. The summed E-state index contributed by atoms with van der Waals surface area (Å²) in [4.78, 5) is 30.2. The van der Waals surface area contributed by atoms with Crippen molar-refractivity contribution in [3.05, 3.63) is 53.1 Å². The minimum atomic E-state index is -0.411. The topological polar surface area (TPSA) is 64.7 Å². The lowest BCUT2D eigenvalue weighted by Crippen LogP contribution is -2.44. The number of benzene rings is 2. The molecule has 1 heterocycles. The maximum atomic E-state index is 13.5. The molecule has 0 radical (unpaired) electrons. The monoisotopic (exact) mass is 428 g/mol. The molecule has 3 rings (SSSR count). The normalized spacial score (nSPS) is 14.0. The number of hydrogen-bond acceptors (Lipinski definition) is 4. The first-order chi connectivity index (χ1) is 14.5. The number of rotatable bonds is 8. The van der Waals surface area contributed by atoms with Crippen LogP contribution in [0.15, 0.2) is 42.5 Å². The summed E-state index contributed by atoms with van der Waals surface area (Å²) in [5, 5.41) is 6.71. The number of anilines is 3. The molecule has 0 aromatic heterocycles. The molecular weight excluding hydrogens is 400 g/mol. The molecule has 2 amide bonds. The van der Waals surface area contributed by atoms with Gasteiger partial charge in [-0.3, -0.25) is 14.5 Å². The molecule has 160 valence electrons. The van der Waals surface area contributed by atoms with Crippen LogP contribution in [0.5, 0.6) is 0 Å². The SMILES string of the molecule is CCN(CC)CCCNC(C)C(=O)N1c2ccc(Cl)cc2NC(=O)c2ccccc21. The first kappa shape index (κ1) is 22.3. The summed E-state index contributed by atoms with van der Waals surface area (Å²) in [6, 6.07) is 11.9. The van der Waals surface area contributed by atoms with Crippen molar-refractivity contribution in [2.45, 2.75) is 33.2 Å². The van der Waals surface area contributed by atoms with Gasteiger partial charge in [-0.25, -0.2) is 0 Å². The van der Waals surface area contributed by atoms with Gasteiger partial charge in [0.15, 0.2) is 0 Å². The predicted octanol–water partition coefficient (Wildman–Crippen LogP) is 4.28. The van der Waals surface area contributed by atoms with Crippen molar-refractivity contribution >= 4 is 40.5 Å². The summed E-state index contributed by atoms with van der Waals surface area (Å²) < 4.78 is 0. The molecule has 0 saturated carbocycles. The minimum absolute atomic E-state index is 0.120. The highest BCUT2D eigenvalue weighted by molar-refractivity contribution is 6.31. The third-order valence-corrected chi connectivity index (χ3v) is 5.66. The lowest BCUT2D eigenvalue weighted by molar-refractivity contribution is -0.119. The fourth-order valence-electron chi connectivity index (χ4n) is 3.66. The molecule has 1 atom stereocenters. The zero-order valence-corrected chi connectivity index (χ0v) is 18.5. The maximum absolute atomic E-state index is 13.5. The quantitative estimate of drug-likeness (QED) is 0.616. The Morgan fingerprint density at radius 2 is 1.90 bits per heavy atom. The maximum Gasteiger partial charge on any atom is 0.257 e. The fraction of sp³-hybridized carbons (Fsp3) is 0.391. The minimum Gasteiger partial charge on any atom is -0.320 e. The van der Waals surface area contributed by atoms with Gasteiger partial charge in [0.05, 0.1) is 28.7 Å². The van der Waals surface area contributed by atoms with Crippen LogP contribution in [0.4, 0.5) is 17.1 Å². The molecule has 1 aliphatic heterocycles.